The molecule has 0 bridgehead atoms. The molecule has 0 heterocycles. The van der Waals surface area contributed by atoms with Crippen molar-refractivity contribution in [2.24, 2.45) is 0 Å². The molecule has 0 radical (unpaired) electrons. The molecule has 9 heteroatoms. The zero-order valence-corrected chi connectivity index (χ0v) is 27.2. The van der Waals surface area contributed by atoms with Gasteiger partial charge >= 0.3 is 11.9 Å². The van der Waals surface area contributed by atoms with E-state index in [9.17, 15) is 14.4 Å². The summed E-state index contributed by atoms with van der Waals surface area (Å²) in [6.07, 6.45) is 2.80. The predicted octanol–water partition coefficient (Wildman–Crippen LogP) is 7.28. The number of benzene rings is 3. The van der Waals surface area contributed by atoms with Gasteiger partial charge in [-0.25, -0.2) is 9.59 Å². The molecular formula is C37H40O8S. The maximum Gasteiger partial charge on any atom is 0.335 e. The molecule has 0 aromatic heterocycles. The van der Waals surface area contributed by atoms with Crippen molar-refractivity contribution in [3.8, 4) is 22.6 Å². The molecule has 8 nitrogen and oxygen atoms in total. The lowest BCUT2D eigenvalue weighted by molar-refractivity contribution is -0.140. The zero-order valence-electron chi connectivity index (χ0n) is 26.3. The number of thioether (sulfide) groups is 1. The van der Waals surface area contributed by atoms with E-state index in [0.29, 0.717) is 56.0 Å². The van der Waals surface area contributed by atoms with Crippen molar-refractivity contribution < 1.29 is 38.4 Å². The summed E-state index contributed by atoms with van der Waals surface area (Å²) in [6.45, 7) is 11.9. The second-order valence-corrected chi connectivity index (χ2v) is 12.1. The van der Waals surface area contributed by atoms with Crippen LogP contribution in [0.5, 0.6) is 11.5 Å². The van der Waals surface area contributed by atoms with Gasteiger partial charge in [-0.2, -0.15) is 0 Å². The summed E-state index contributed by atoms with van der Waals surface area (Å²) in [5, 5.41) is 8.85. The number of esters is 2. The van der Waals surface area contributed by atoms with Gasteiger partial charge in [0.05, 0.1) is 38.6 Å². The molecule has 1 N–H and O–H groups in total. The van der Waals surface area contributed by atoms with E-state index in [0.717, 1.165) is 33.8 Å². The SMILES string of the molecule is C=C(C)C(=O)OCCCCOc1ccc2c(c1)[C@H](C)c1cc(C(=O)Sc3ccc(OCCCCOC(=O)C(=C)CO)cc3)ccc1-2. The van der Waals surface area contributed by atoms with Crippen molar-refractivity contribution in [3.63, 3.8) is 0 Å². The van der Waals surface area contributed by atoms with E-state index >= 15 is 0 Å². The molecular weight excluding hydrogens is 604 g/mol. The minimum absolute atomic E-state index is 0.0315. The van der Waals surface area contributed by atoms with E-state index in [2.05, 4.69) is 32.2 Å². The van der Waals surface area contributed by atoms with Gasteiger partial charge in [0.15, 0.2) is 0 Å². The summed E-state index contributed by atoms with van der Waals surface area (Å²) in [5.74, 6) is 0.654. The molecule has 0 saturated carbocycles. The fraction of sp³-hybridized carbons (Fsp3) is 0.324. The molecule has 0 unspecified atom stereocenters. The largest absolute Gasteiger partial charge is 0.494 e. The monoisotopic (exact) mass is 644 g/mol. The minimum atomic E-state index is -0.587. The van der Waals surface area contributed by atoms with Crippen molar-refractivity contribution in [2.75, 3.05) is 33.0 Å². The number of carbonyl (C=O) groups is 3. The third kappa shape index (κ3) is 9.34. The van der Waals surface area contributed by atoms with Gasteiger partial charge < -0.3 is 24.1 Å². The van der Waals surface area contributed by atoms with Crippen LogP contribution in [0.15, 0.2) is 89.9 Å². The number of hydrogen-bond acceptors (Lipinski definition) is 9. The average molecular weight is 645 g/mol. The summed E-state index contributed by atoms with van der Waals surface area (Å²) < 4.78 is 21.9. The summed E-state index contributed by atoms with van der Waals surface area (Å²) in [7, 11) is 0. The van der Waals surface area contributed by atoms with Gasteiger partial charge in [0.2, 0.25) is 5.12 Å². The van der Waals surface area contributed by atoms with Gasteiger partial charge in [-0.15, -0.1) is 0 Å². The fourth-order valence-corrected chi connectivity index (χ4v) is 5.60. The first-order valence-corrected chi connectivity index (χ1v) is 16.1. The first-order chi connectivity index (χ1) is 22.2. The van der Waals surface area contributed by atoms with Gasteiger partial charge in [-0.05, 0) is 115 Å². The van der Waals surface area contributed by atoms with Gasteiger partial charge in [-0.1, -0.05) is 32.2 Å². The molecule has 0 amide bonds. The molecule has 1 aliphatic carbocycles. The summed E-state index contributed by atoms with van der Waals surface area (Å²) in [4.78, 5) is 37.0. The Labute approximate surface area is 274 Å². The highest BCUT2D eigenvalue weighted by molar-refractivity contribution is 8.14. The van der Waals surface area contributed by atoms with Crippen LogP contribution in [-0.4, -0.2) is 55.2 Å². The van der Waals surface area contributed by atoms with Crippen molar-refractivity contribution in [2.45, 2.75) is 50.3 Å². The number of carbonyl (C=O) groups excluding carboxylic acids is 3. The van der Waals surface area contributed by atoms with E-state index in [-0.39, 0.29) is 29.2 Å². The van der Waals surface area contributed by atoms with Crippen LogP contribution >= 0.6 is 11.8 Å². The number of aliphatic hydroxyl groups excluding tert-OH is 1. The highest BCUT2D eigenvalue weighted by Crippen LogP contribution is 2.46. The molecule has 0 aliphatic heterocycles. The van der Waals surface area contributed by atoms with Crippen molar-refractivity contribution in [1.82, 2.24) is 0 Å². The first kappa shape index (κ1) is 34.5. The summed E-state index contributed by atoms with van der Waals surface area (Å²) >= 11 is 1.18. The molecule has 0 fully saturated rings. The second-order valence-electron chi connectivity index (χ2n) is 11.1. The van der Waals surface area contributed by atoms with E-state index in [1.165, 1.54) is 17.3 Å². The summed E-state index contributed by atoms with van der Waals surface area (Å²) in [6, 6.07) is 19.4. The quantitative estimate of drug-likeness (QED) is 0.0702. The Balaban J connectivity index is 1.23. The number of unbranched alkanes of at least 4 members (excludes halogenated alkanes) is 2. The van der Waals surface area contributed by atoms with E-state index < -0.39 is 12.6 Å². The Morgan fingerprint density at radius 2 is 1.28 bits per heavy atom. The van der Waals surface area contributed by atoms with Gasteiger partial charge in [0, 0.05) is 21.9 Å². The Morgan fingerprint density at radius 3 is 1.91 bits per heavy atom. The van der Waals surface area contributed by atoms with E-state index in [1.807, 2.05) is 48.5 Å². The van der Waals surface area contributed by atoms with Crippen molar-refractivity contribution in [1.29, 1.82) is 0 Å². The van der Waals surface area contributed by atoms with Crippen LogP contribution in [0.2, 0.25) is 0 Å². The molecule has 0 spiro atoms. The lowest BCUT2D eigenvalue weighted by Crippen LogP contribution is -2.11. The molecule has 46 heavy (non-hydrogen) atoms. The molecule has 3 aromatic rings. The standard InChI is InChI=1S/C37H40O8S/c1-24(2)35(39)44-19-7-6-18-43-29-12-16-32-31-15-9-27(21-33(31)26(4)34(32)22-29)37(41)46-30-13-10-28(11-14-30)42-17-5-8-20-45-36(40)25(3)23-38/h9-16,21-22,26,38H,1,3,5-8,17-20,23H2,2,4H3/t26-/m1/s1. The van der Waals surface area contributed by atoms with Crippen LogP contribution < -0.4 is 9.47 Å². The van der Waals surface area contributed by atoms with Gasteiger partial charge in [0.1, 0.15) is 11.5 Å². The third-order valence-electron chi connectivity index (χ3n) is 7.48. The van der Waals surface area contributed by atoms with Gasteiger partial charge in [-0.3, -0.25) is 4.79 Å². The highest BCUT2D eigenvalue weighted by Gasteiger charge is 2.27. The number of rotatable bonds is 17. The third-order valence-corrected chi connectivity index (χ3v) is 8.41. The maximum absolute atomic E-state index is 13.2. The highest BCUT2D eigenvalue weighted by atomic mass is 32.2. The topological polar surface area (TPSA) is 108 Å². The van der Waals surface area contributed by atoms with Crippen molar-refractivity contribution in [3.05, 3.63) is 102 Å². The zero-order chi connectivity index (χ0) is 33.1. The molecule has 1 atom stereocenters. The maximum atomic E-state index is 13.2. The van der Waals surface area contributed by atoms with Crippen LogP contribution in [0.1, 0.15) is 66.9 Å². The second kappa shape index (κ2) is 16.8. The molecule has 1 aliphatic rings. The first-order valence-electron chi connectivity index (χ1n) is 15.3. The Kier molecular flexibility index (Phi) is 12.6. The van der Waals surface area contributed by atoms with Crippen molar-refractivity contribution >= 4 is 28.8 Å². The Bertz CT molecular complexity index is 1580. The van der Waals surface area contributed by atoms with Crippen LogP contribution in [0.4, 0.5) is 0 Å². The normalized spacial score (nSPS) is 12.9. The van der Waals surface area contributed by atoms with Gasteiger partial charge in [0.25, 0.3) is 0 Å². The number of ether oxygens (including phenoxy) is 4. The molecule has 0 saturated heterocycles. The minimum Gasteiger partial charge on any atom is -0.494 e. The van der Waals surface area contributed by atoms with E-state index in [1.54, 1.807) is 6.92 Å². The predicted molar refractivity (Wildman–Crippen MR) is 178 cm³/mol. The van der Waals surface area contributed by atoms with E-state index in [4.69, 9.17) is 24.1 Å². The van der Waals surface area contributed by atoms with Crippen LogP contribution in [-0.2, 0) is 19.1 Å². The number of aliphatic hydroxyl groups is 1. The summed E-state index contributed by atoms with van der Waals surface area (Å²) in [5.41, 5.74) is 5.65. The Hall–Kier alpha value is -4.34. The smallest absolute Gasteiger partial charge is 0.335 e. The van der Waals surface area contributed by atoms with Crippen LogP contribution in [0.3, 0.4) is 0 Å². The molecule has 3 aromatic carbocycles. The number of fused-ring (bicyclic) bond motifs is 3. The lowest BCUT2D eigenvalue weighted by atomic mass is 9.98. The van der Waals surface area contributed by atoms with Crippen LogP contribution in [0, 0.1) is 0 Å². The Morgan fingerprint density at radius 1 is 0.739 bits per heavy atom. The lowest BCUT2D eigenvalue weighted by Gasteiger charge is -2.11. The molecule has 242 valence electrons. The average Bonchev–Trinajstić information content (AvgIpc) is 3.34. The van der Waals surface area contributed by atoms with Crippen LogP contribution in [0.25, 0.3) is 11.1 Å². The fourth-order valence-electron chi connectivity index (χ4n) is 4.87. The molecule has 4 rings (SSSR count). The number of hydrogen-bond donors (Lipinski definition) is 1.